The first kappa shape index (κ1) is 20.9. The predicted molar refractivity (Wildman–Crippen MR) is 101 cm³/mol. The van der Waals surface area contributed by atoms with Crippen molar-refractivity contribution in [3.8, 4) is 11.8 Å². The Labute approximate surface area is 156 Å². The van der Waals surface area contributed by atoms with Crippen LogP contribution in [-0.2, 0) is 11.0 Å². The lowest BCUT2D eigenvalue weighted by Crippen LogP contribution is -2.40. The van der Waals surface area contributed by atoms with E-state index in [4.69, 9.17) is 9.16 Å². The van der Waals surface area contributed by atoms with E-state index in [0.29, 0.717) is 5.56 Å². The van der Waals surface area contributed by atoms with Crippen LogP contribution in [0.2, 0.25) is 18.1 Å². The van der Waals surface area contributed by atoms with Crippen molar-refractivity contribution in [1.29, 1.82) is 5.26 Å². The first-order chi connectivity index (χ1) is 12.0. The second-order valence-corrected chi connectivity index (χ2v) is 13.4. The van der Waals surface area contributed by atoms with Crippen molar-refractivity contribution in [2.75, 3.05) is 0 Å². The molecule has 0 N–H and O–H groups in total. The van der Waals surface area contributed by atoms with Crippen molar-refractivity contribution in [3.05, 3.63) is 29.3 Å². The lowest BCUT2D eigenvalue weighted by molar-refractivity contribution is -0.0509. The van der Waals surface area contributed by atoms with E-state index in [1.165, 1.54) is 0 Å². The van der Waals surface area contributed by atoms with E-state index in [9.17, 15) is 14.0 Å². The van der Waals surface area contributed by atoms with Crippen LogP contribution >= 0.6 is 0 Å². The molecular weight excluding hydrogens is 352 g/mol. The summed E-state index contributed by atoms with van der Waals surface area (Å²) in [4.78, 5) is 0. The molecular formula is C20H29F2NO2Si. The maximum atomic E-state index is 12.8. The molecule has 26 heavy (non-hydrogen) atoms. The van der Waals surface area contributed by atoms with Crippen molar-refractivity contribution in [2.45, 2.75) is 77.3 Å². The summed E-state index contributed by atoms with van der Waals surface area (Å²) in [6, 6.07) is 7.68. The largest absolute Gasteiger partial charge is 0.434 e. The van der Waals surface area contributed by atoms with Gasteiger partial charge in [0, 0.05) is 5.56 Å². The summed E-state index contributed by atoms with van der Waals surface area (Å²) < 4.78 is 36.5. The molecule has 3 nitrogen and oxygen atoms in total. The standard InChI is InChI=1S/C20H29F2NO2Si/c1-20(2,3)26(4,5)24-13-16-11-14(9-10-18(16)25-19(21)22)17-8-6-7-15(17)12-23/h9-11,15,17,19H,6-8,13H2,1-5H3. The van der Waals surface area contributed by atoms with Crippen LogP contribution in [0.4, 0.5) is 8.78 Å². The average molecular weight is 382 g/mol. The zero-order valence-corrected chi connectivity index (χ0v) is 17.3. The van der Waals surface area contributed by atoms with E-state index in [1.807, 2.05) is 12.1 Å². The Kier molecular flexibility index (Phi) is 6.46. The van der Waals surface area contributed by atoms with Crippen molar-refractivity contribution < 1.29 is 17.9 Å². The molecule has 1 aliphatic carbocycles. The van der Waals surface area contributed by atoms with Gasteiger partial charge in [-0.25, -0.2) is 0 Å². The lowest BCUT2D eigenvalue weighted by atomic mass is 9.89. The molecule has 0 spiro atoms. The smallest absolute Gasteiger partial charge is 0.387 e. The lowest BCUT2D eigenvalue weighted by Gasteiger charge is -2.36. The van der Waals surface area contributed by atoms with Crippen molar-refractivity contribution in [3.63, 3.8) is 0 Å². The third kappa shape index (κ3) is 4.83. The topological polar surface area (TPSA) is 42.2 Å². The van der Waals surface area contributed by atoms with Crippen molar-refractivity contribution >= 4 is 8.32 Å². The number of hydrogen-bond donors (Lipinski definition) is 0. The van der Waals surface area contributed by atoms with Crippen LogP contribution in [0.1, 0.15) is 57.1 Å². The second kappa shape index (κ2) is 8.06. The highest BCUT2D eigenvalue weighted by atomic mass is 28.4. The van der Waals surface area contributed by atoms with Gasteiger partial charge in [-0.1, -0.05) is 33.3 Å². The molecule has 1 aliphatic rings. The Morgan fingerprint density at radius 1 is 1.27 bits per heavy atom. The number of halogens is 2. The Balaban J connectivity index is 2.28. The van der Waals surface area contributed by atoms with E-state index < -0.39 is 14.9 Å². The highest BCUT2D eigenvalue weighted by Gasteiger charge is 2.37. The first-order valence-corrected chi connectivity index (χ1v) is 12.1. The number of nitrogens with zero attached hydrogens (tertiary/aromatic N) is 1. The Bertz CT molecular complexity index is 665. The molecule has 2 unspecified atom stereocenters. The van der Waals surface area contributed by atoms with Gasteiger partial charge >= 0.3 is 6.61 Å². The molecule has 0 saturated heterocycles. The van der Waals surface area contributed by atoms with Crippen LogP contribution in [0.15, 0.2) is 18.2 Å². The van der Waals surface area contributed by atoms with Gasteiger partial charge in [0.05, 0.1) is 18.6 Å². The highest BCUT2D eigenvalue weighted by molar-refractivity contribution is 6.74. The maximum Gasteiger partial charge on any atom is 0.387 e. The van der Waals surface area contributed by atoms with Crippen LogP contribution < -0.4 is 4.74 Å². The second-order valence-electron chi connectivity index (χ2n) is 8.57. The van der Waals surface area contributed by atoms with Gasteiger partial charge in [-0.3, -0.25) is 0 Å². The molecule has 0 aliphatic heterocycles. The molecule has 1 aromatic rings. The zero-order chi connectivity index (χ0) is 19.5. The number of hydrogen-bond acceptors (Lipinski definition) is 3. The molecule has 1 saturated carbocycles. The molecule has 2 atom stereocenters. The van der Waals surface area contributed by atoms with Crippen LogP contribution in [0.3, 0.4) is 0 Å². The van der Waals surface area contributed by atoms with Gasteiger partial charge < -0.3 is 9.16 Å². The quantitative estimate of drug-likeness (QED) is 0.550. The summed E-state index contributed by atoms with van der Waals surface area (Å²) in [6.07, 6.45) is 2.87. The fourth-order valence-electron chi connectivity index (χ4n) is 3.14. The summed E-state index contributed by atoms with van der Waals surface area (Å²) >= 11 is 0. The van der Waals surface area contributed by atoms with Crippen LogP contribution in [0, 0.1) is 17.2 Å². The Morgan fingerprint density at radius 3 is 2.54 bits per heavy atom. The number of nitriles is 1. The van der Waals surface area contributed by atoms with Gasteiger partial charge in [-0.05, 0) is 54.6 Å². The molecule has 0 radical (unpaired) electrons. The third-order valence-corrected chi connectivity index (χ3v) is 10.3. The zero-order valence-electron chi connectivity index (χ0n) is 16.3. The Hall–Kier alpha value is -1.45. The summed E-state index contributed by atoms with van der Waals surface area (Å²) in [5.41, 5.74) is 1.65. The summed E-state index contributed by atoms with van der Waals surface area (Å²) in [5.74, 6) is 0.312. The van der Waals surface area contributed by atoms with Crippen molar-refractivity contribution in [2.24, 2.45) is 5.92 Å². The van der Waals surface area contributed by atoms with Gasteiger partial charge in [-0.2, -0.15) is 14.0 Å². The molecule has 144 valence electrons. The van der Waals surface area contributed by atoms with E-state index in [-0.39, 0.29) is 29.2 Å². The summed E-state index contributed by atoms with van der Waals surface area (Å²) in [6.45, 7) is 8.06. The minimum atomic E-state index is -2.87. The predicted octanol–water partition coefficient (Wildman–Crippen LogP) is 6.22. The third-order valence-electron chi connectivity index (χ3n) is 5.81. The van der Waals surface area contributed by atoms with Gasteiger partial charge in [0.25, 0.3) is 0 Å². The number of ether oxygens (including phenoxy) is 1. The molecule has 0 amide bonds. The molecule has 0 bridgehead atoms. The van der Waals surface area contributed by atoms with Crippen LogP contribution in [0.5, 0.6) is 5.75 Å². The average Bonchev–Trinajstić information content (AvgIpc) is 3.01. The van der Waals surface area contributed by atoms with Gasteiger partial charge in [0.2, 0.25) is 0 Å². The molecule has 0 aromatic heterocycles. The van der Waals surface area contributed by atoms with Gasteiger partial charge in [-0.15, -0.1) is 0 Å². The highest BCUT2D eigenvalue weighted by Crippen LogP contribution is 2.41. The molecule has 6 heteroatoms. The van der Waals surface area contributed by atoms with Crippen molar-refractivity contribution in [1.82, 2.24) is 0 Å². The monoisotopic (exact) mass is 381 g/mol. The van der Waals surface area contributed by atoms with Crippen LogP contribution in [0.25, 0.3) is 0 Å². The van der Waals surface area contributed by atoms with Gasteiger partial charge in [0.15, 0.2) is 8.32 Å². The minimum Gasteiger partial charge on any atom is -0.434 e. The fourth-order valence-corrected chi connectivity index (χ4v) is 4.09. The fraction of sp³-hybridized carbons (Fsp3) is 0.650. The molecule has 0 heterocycles. The van der Waals surface area contributed by atoms with Crippen LogP contribution in [-0.4, -0.2) is 14.9 Å². The maximum absolute atomic E-state index is 12.8. The van der Waals surface area contributed by atoms with E-state index in [2.05, 4.69) is 39.9 Å². The van der Waals surface area contributed by atoms with E-state index in [0.717, 1.165) is 24.8 Å². The Morgan fingerprint density at radius 2 is 1.96 bits per heavy atom. The number of rotatable bonds is 6. The van der Waals surface area contributed by atoms with Gasteiger partial charge in [0.1, 0.15) is 5.75 Å². The SMILES string of the molecule is CC(C)(C)[Si](C)(C)OCc1cc(C2CCCC2C#N)ccc1OC(F)F. The summed E-state index contributed by atoms with van der Waals surface area (Å²) in [7, 11) is -2.02. The first-order valence-electron chi connectivity index (χ1n) is 9.16. The minimum absolute atomic E-state index is 0.00831. The normalized spacial score (nSPS) is 21.0. The molecule has 2 rings (SSSR count). The molecule has 1 fully saturated rings. The summed E-state index contributed by atoms with van der Waals surface area (Å²) in [5, 5.41) is 9.38. The van der Waals surface area contributed by atoms with E-state index in [1.54, 1.807) is 6.07 Å². The van der Waals surface area contributed by atoms with E-state index >= 15 is 0 Å². The number of alkyl halides is 2. The number of benzene rings is 1. The molecule has 1 aromatic carbocycles.